The van der Waals surface area contributed by atoms with Crippen LogP contribution in [0.3, 0.4) is 0 Å². The summed E-state index contributed by atoms with van der Waals surface area (Å²) in [6.45, 7) is 4.53. The van der Waals surface area contributed by atoms with E-state index in [-0.39, 0.29) is 5.41 Å². The zero-order chi connectivity index (χ0) is 10.6. The zero-order valence-corrected chi connectivity index (χ0v) is 8.86. The van der Waals surface area contributed by atoms with Crippen LogP contribution in [0, 0.1) is 16.7 Å². The number of nitriles is 1. The number of rotatable bonds is 3. The quantitative estimate of drug-likeness (QED) is 0.730. The molecule has 0 N–H and O–H groups in total. The molecular formula is C11H15N3. The van der Waals surface area contributed by atoms with Crippen LogP contribution in [0.25, 0.3) is 0 Å². The lowest BCUT2D eigenvalue weighted by molar-refractivity contribution is 0.496. The molecule has 0 saturated heterocycles. The minimum Gasteiger partial charge on any atom is -0.358 e. The van der Waals surface area contributed by atoms with Crippen molar-refractivity contribution in [1.82, 2.24) is 4.98 Å². The van der Waals surface area contributed by atoms with E-state index < -0.39 is 0 Å². The Labute approximate surface area is 85.0 Å². The summed E-state index contributed by atoms with van der Waals surface area (Å²) in [5.74, 6) is 0.899. The summed E-state index contributed by atoms with van der Waals surface area (Å²) < 4.78 is 0. The highest BCUT2D eigenvalue weighted by molar-refractivity contribution is 5.37. The van der Waals surface area contributed by atoms with Gasteiger partial charge in [-0.3, -0.25) is 0 Å². The molecule has 1 heterocycles. The van der Waals surface area contributed by atoms with Crippen LogP contribution in [-0.4, -0.2) is 18.6 Å². The van der Waals surface area contributed by atoms with Crippen molar-refractivity contribution in [1.29, 1.82) is 5.26 Å². The summed E-state index contributed by atoms with van der Waals surface area (Å²) in [4.78, 5) is 6.20. The predicted molar refractivity (Wildman–Crippen MR) is 56.9 cm³/mol. The molecule has 1 aromatic heterocycles. The maximum atomic E-state index is 8.89. The minimum absolute atomic E-state index is 0.341. The van der Waals surface area contributed by atoms with Crippen LogP contribution in [0.2, 0.25) is 0 Å². The van der Waals surface area contributed by atoms with Gasteiger partial charge in [0.05, 0.1) is 11.5 Å². The van der Waals surface area contributed by atoms with Crippen molar-refractivity contribution >= 4 is 5.82 Å². The molecule has 0 bridgehead atoms. The fourth-order valence-electron chi connectivity index (χ4n) is 1.29. The van der Waals surface area contributed by atoms with E-state index in [2.05, 4.69) is 11.1 Å². The van der Waals surface area contributed by atoms with Gasteiger partial charge in [-0.15, -0.1) is 0 Å². The SMILES string of the molecule is CN(CC(C)(C)C#N)c1ccccn1. The number of hydrogen-bond donors (Lipinski definition) is 0. The molecule has 1 aromatic rings. The average Bonchev–Trinajstić information content (AvgIpc) is 2.19. The first-order valence-electron chi connectivity index (χ1n) is 4.58. The third kappa shape index (κ3) is 2.74. The highest BCUT2D eigenvalue weighted by atomic mass is 15.2. The summed E-state index contributed by atoms with van der Waals surface area (Å²) in [5, 5.41) is 8.89. The van der Waals surface area contributed by atoms with E-state index in [1.807, 2.05) is 44.0 Å². The first-order chi connectivity index (χ1) is 6.55. The van der Waals surface area contributed by atoms with Crippen LogP contribution in [0.5, 0.6) is 0 Å². The summed E-state index contributed by atoms with van der Waals surface area (Å²) >= 11 is 0. The molecule has 0 aliphatic rings. The standard InChI is InChI=1S/C11H15N3/c1-11(2,8-12)9-14(3)10-6-4-5-7-13-10/h4-7H,9H2,1-3H3. The van der Waals surface area contributed by atoms with Crippen LogP contribution in [0.15, 0.2) is 24.4 Å². The van der Waals surface area contributed by atoms with E-state index in [0.717, 1.165) is 5.82 Å². The highest BCUT2D eigenvalue weighted by Gasteiger charge is 2.19. The van der Waals surface area contributed by atoms with Gasteiger partial charge >= 0.3 is 0 Å². The first-order valence-corrected chi connectivity index (χ1v) is 4.58. The van der Waals surface area contributed by atoms with Crippen molar-refractivity contribution in [3.63, 3.8) is 0 Å². The molecule has 1 rings (SSSR count). The lowest BCUT2D eigenvalue weighted by atomic mass is 9.95. The van der Waals surface area contributed by atoms with Crippen LogP contribution < -0.4 is 4.90 Å². The van der Waals surface area contributed by atoms with Crippen molar-refractivity contribution in [2.75, 3.05) is 18.5 Å². The molecule has 0 saturated carbocycles. The summed E-state index contributed by atoms with van der Waals surface area (Å²) in [6, 6.07) is 8.03. The van der Waals surface area contributed by atoms with E-state index >= 15 is 0 Å². The largest absolute Gasteiger partial charge is 0.358 e. The Morgan fingerprint density at radius 2 is 2.21 bits per heavy atom. The summed E-state index contributed by atoms with van der Waals surface area (Å²) in [6.07, 6.45) is 1.76. The van der Waals surface area contributed by atoms with Gasteiger partial charge in [0.15, 0.2) is 0 Å². The topological polar surface area (TPSA) is 39.9 Å². The first kappa shape index (κ1) is 10.5. The molecule has 0 aromatic carbocycles. The fourth-order valence-corrected chi connectivity index (χ4v) is 1.29. The smallest absolute Gasteiger partial charge is 0.128 e. The maximum absolute atomic E-state index is 8.89. The molecule has 14 heavy (non-hydrogen) atoms. The van der Waals surface area contributed by atoms with Gasteiger partial charge in [0.1, 0.15) is 5.82 Å². The Kier molecular flexibility index (Phi) is 3.08. The molecule has 0 aliphatic heterocycles. The molecule has 3 nitrogen and oxygen atoms in total. The van der Waals surface area contributed by atoms with Gasteiger partial charge < -0.3 is 4.90 Å². The molecule has 0 aliphatic carbocycles. The molecule has 74 valence electrons. The molecule has 0 unspecified atom stereocenters. The highest BCUT2D eigenvalue weighted by Crippen LogP contribution is 2.17. The second kappa shape index (κ2) is 4.10. The Balaban J connectivity index is 2.70. The van der Waals surface area contributed by atoms with E-state index in [9.17, 15) is 0 Å². The van der Waals surface area contributed by atoms with Crippen LogP contribution in [-0.2, 0) is 0 Å². The third-order valence-corrected chi connectivity index (χ3v) is 1.98. The fraction of sp³-hybridized carbons (Fsp3) is 0.455. The Hall–Kier alpha value is -1.56. The van der Waals surface area contributed by atoms with Gasteiger partial charge in [-0.25, -0.2) is 4.98 Å². The van der Waals surface area contributed by atoms with E-state index in [4.69, 9.17) is 5.26 Å². The Bertz CT molecular complexity index is 324. The van der Waals surface area contributed by atoms with Crippen molar-refractivity contribution < 1.29 is 0 Å². The number of anilines is 1. The van der Waals surface area contributed by atoms with Crippen molar-refractivity contribution in [2.24, 2.45) is 5.41 Å². The monoisotopic (exact) mass is 189 g/mol. The zero-order valence-electron chi connectivity index (χ0n) is 8.86. The average molecular weight is 189 g/mol. The van der Waals surface area contributed by atoms with Crippen LogP contribution >= 0.6 is 0 Å². The lowest BCUT2D eigenvalue weighted by Crippen LogP contribution is -2.30. The van der Waals surface area contributed by atoms with Gasteiger partial charge in [0.25, 0.3) is 0 Å². The minimum atomic E-state index is -0.341. The van der Waals surface area contributed by atoms with Crippen molar-refractivity contribution in [2.45, 2.75) is 13.8 Å². The van der Waals surface area contributed by atoms with E-state index in [0.29, 0.717) is 6.54 Å². The number of nitrogens with zero attached hydrogens (tertiary/aromatic N) is 3. The molecular weight excluding hydrogens is 174 g/mol. The van der Waals surface area contributed by atoms with E-state index in [1.165, 1.54) is 0 Å². The van der Waals surface area contributed by atoms with E-state index in [1.54, 1.807) is 6.20 Å². The summed E-state index contributed by atoms with van der Waals surface area (Å²) in [7, 11) is 1.95. The predicted octanol–water partition coefficient (Wildman–Crippen LogP) is 2.07. The molecule has 0 spiro atoms. The Morgan fingerprint density at radius 1 is 1.50 bits per heavy atom. The van der Waals surface area contributed by atoms with Gasteiger partial charge in [-0.2, -0.15) is 5.26 Å². The molecule has 0 amide bonds. The van der Waals surface area contributed by atoms with Gasteiger partial charge in [-0.05, 0) is 26.0 Å². The normalized spacial score (nSPS) is 10.7. The second-order valence-corrected chi connectivity index (χ2v) is 4.04. The third-order valence-electron chi connectivity index (χ3n) is 1.98. The molecule has 0 radical (unpaired) electrons. The molecule has 0 fully saturated rings. The maximum Gasteiger partial charge on any atom is 0.128 e. The van der Waals surface area contributed by atoms with Gasteiger partial charge in [0.2, 0.25) is 0 Å². The van der Waals surface area contributed by atoms with Crippen molar-refractivity contribution in [3.8, 4) is 6.07 Å². The number of aromatic nitrogens is 1. The molecule has 3 heteroatoms. The van der Waals surface area contributed by atoms with Crippen molar-refractivity contribution in [3.05, 3.63) is 24.4 Å². The second-order valence-electron chi connectivity index (χ2n) is 4.04. The molecule has 0 atom stereocenters. The lowest BCUT2D eigenvalue weighted by Gasteiger charge is -2.25. The Morgan fingerprint density at radius 3 is 2.71 bits per heavy atom. The van der Waals surface area contributed by atoms with Crippen LogP contribution in [0.1, 0.15) is 13.8 Å². The van der Waals surface area contributed by atoms with Crippen LogP contribution in [0.4, 0.5) is 5.82 Å². The number of pyridine rings is 1. The van der Waals surface area contributed by atoms with Gasteiger partial charge in [-0.1, -0.05) is 6.07 Å². The van der Waals surface area contributed by atoms with Gasteiger partial charge in [0, 0.05) is 19.8 Å². The summed E-state index contributed by atoms with van der Waals surface area (Å²) in [5.41, 5.74) is -0.341. The number of hydrogen-bond acceptors (Lipinski definition) is 3.